The maximum Gasteiger partial charge on any atom is 0.490 e. The zero-order valence-electron chi connectivity index (χ0n) is 17.7. The summed E-state index contributed by atoms with van der Waals surface area (Å²) in [7, 11) is 0. The smallest absolute Gasteiger partial charge is 0.475 e. The number of hydrogen-bond donors (Lipinski definition) is 2. The van der Waals surface area contributed by atoms with Crippen molar-refractivity contribution < 1.29 is 27.9 Å². The molecule has 0 spiro atoms. The van der Waals surface area contributed by atoms with E-state index in [4.69, 9.17) is 15.6 Å². The third kappa shape index (κ3) is 8.01. The SMILES string of the molecule is CC1(C)CCC(CCc2cc(-c3cccc(C(N)=O)c3)cs2)CC1.O=C(O)C(F)(F)F. The summed E-state index contributed by atoms with van der Waals surface area (Å²) in [5.41, 5.74) is 8.78. The fourth-order valence-corrected chi connectivity index (χ4v) is 4.52. The Morgan fingerprint density at radius 3 is 2.32 bits per heavy atom. The molecule has 1 heterocycles. The van der Waals surface area contributed by atoms with Crippen LogP contribution in [0.25, 0.3) is 11.1 Å². The maximum absolute atomic E-state index is 11.3. The Bertz CT molecular complexity index is 895. The van der Waals surface area contributed by atoms with E-state index in [2.05, 4.69) is 25.3 Å². The van der Waals surface area contributed by atoms with Gasteiger partial charge in [0.2, 0.25) is 5.91 Å². The molecule has 8 heteroatoms. The number of primary amides is 1. The summed E-state index contributed by atoms with van der Waals surface area (Å²) in [4.78, 5) is 21.7. The summed E-state index contributed by atoms with van der Waals surface area (Å²) < 4.78 is 31.7. The number of alkyl halides is 3. The number of carbonyl (C=O) groups is 2. The van der Waals surface area contributed by atoms with E-state index in [0.29, 0.717) is 11.0 Å². The van der Waals surface area contributed by atoms with Gasteiger partial charge < -0.3 is 10.8 Å². The minimum atomic E-state index is -5.08. The number of carboxylic acids is 1. The standard InChI is InChI=1S/C21H27NOS.C2HF3O2/c1-21(2)10-8-15(9-11-21)6-7-19-13-18(14-24-19)16-4-3-5-17(12-16)20(22)23;3-2(4,5)1(6)7/h3-5,12-15H,6-11H2,1-2H3,(H2,22,23);(H,6,7). The van der Waals surface area contributed by atoms with Gasteiger partial charge in [-0.25, -0.2) is 4.79 Å². The molecule has 0 atom stereocenters. The van der Waals surface area contributed by atoms with Crippen LogP contribution in [-0.2, 0) is 11.2 Å². The van der Waals surface area contributed by atoms with E-state index in [1.54, 1.807) is 6.07 Å². The molecule has 170 valence electrons. The minimum Gasteiger partial charge on any atom is -0.475 e. The zero-order valence-corrected chi connectivity index (χ0v) is 18.5. The normalized spacial score (nSPS) is 16.3. The molecule has 1 aromatic heterocycles. The molecule has 0 bridgehead atoms. The van der Waals surface area contributed by atoms with Gasteiger partial charge in [0.15, 0.2) is 0 Å². The Kier molecular flexibility index (Phi) is 8.28. The summed E-state index contributed by atoms with van der Waals surface area (Å²) in [6, 6.07) is 9.87. The number of carbonyl (C=O) groups excluding carboxylic acids is 1. The van der Waals surface area contributed by atoms with Crippen molar-refractivity contribution in [2.45, 2.75) is 58.5 Å². The summed E-state index contributed by atoms with van der Waals surface area (Å²) in [6.45, 7) is 4.80. The van der Waals surface area contributed by atoms with E-state index < -0.39 is 12.1 Å². The largest absolute Gasteiger partial charge is 0.490 e. The van der Waals surface area contributed by atoms with Crippen molar-refractivity contribution >= 4 is 23.2 Å². The summed E-state index contributed by atoms with van der Waals surface area (Å²) in [6.07, 6.45) is 2.89. The molecular formula is C23H28F3NO3S. The quantitative estimate of drug-likeness (QED) is 0.555. The topological polar surface area (TPSA) is 80.4 Å². The van der Waals surface area contributed by atoms with Crippen LogP contribution in [0.15, 0.2) is 35.7 Å². The molecule has 3 rings (SSSR count). The number of amides is 1. The van der Waals surface area contributed by atoms with Gasteiger partial charge in [-0.3, -0.25) is 4.79 Å². The van der Waals surface area contributed by atoms with Crippen LogP contribution in [0.1, 0.15) is 61.2 Å². The number of aryl methyl sites for hydroxylation is 1. The predicted molar refractivity (Wildman–Crippen MR) is 116 cm³/mol. The van der Waals surface area contributed by atoms with Gasteiger partial charge in [-0.2, -0.15) is 13.2 Å². The second kappa shape index (κ2) is 10.3. The van der Waals surface area contributed by atoms with Gasteiger partial charge in [0, 0.05) is 10.4 Å². The summed E-state index contributed by atoms with van der Waals surface area (Å²) in [5, 5.41) is 9.32. The molecule has 31 heavy (non-hydrogen) atoms. The summed E-state index contributed by atoms with van der Waals surface area (Å²) in [5.74, 6) is -2.23. The van der Waals surface area contributed by atoms with Gasteiger partial charge in [-0.05, 0) is 84.6 Å². The molecule has 0 radical (unpaired) electrons. The van der Waals surface area contributed by atoms with Crippen LogP contribution in [0.2, 0.25) is 0 Å². The lowest BCUT2D eigenvalue weighted by Crippen LogP contribution is -2.21. The molecule has 1 aliphatic rings. The van der Waals surface area contributed by atoms with Crippen LogP contribution in [0.4, 0.5) is 13.2 Å². The molecule has 1 saturated carbocycles. The molecule has 1 aromatic carbocycles. The van der Waals surface area contributed by atoms with Crippen LogP contribution >= 0.6 is 11.3 Å². The molecule has 1 fully saturated rings. The fraction of sp³-hybridized carbons (Fsp3) is 0.478. The first-order valence-electron chi connectivity index (χ1n) is 10.2. The van der Waals surface area contributed by atoms with Crippen molar-refractivity contribution in [1.82, 2.24) is 0 Å². The fourth-order valence-electron chi connectivity index (χ4n) is 3.61. The molecule has 1 amide bonds. The zero-order chi connectivity index (χ0) is 23.2. The van der Waals surface area contributed by atoms with E-state index in [-0.39, 0.29) is 5.91 Å². The summed E-state index contributed by atoms with van der Waals surface area (Å²) >= 11 is 1.83. The van der Waals surface area contributed by atoms with Gasteiger partial charge in [0.25, 0.3) is 0 Å². The van der Waals surface area contributed by atoms with Crippen LogP contribution in [-0.4, -0.2) is 23.2 Å². The molecular weight excluding hydrogens is 427 g/mol. The Labute approximate surface area is 184 Å². The average Bonchev–Trinajstić information content (AvgIpc) is 3.16. The lowest BCUT2D eigenvalue weighted by molar-refractivity contribution is -0.192. The number of nitrogens with two attached hydrogens (primary N) is 1. The Morgan fingerprint density at radius 1 is 1.16 bits per heavy atom. The average molecular weight is 456 g/mol. The van der Waals surface area contributed by atoms with Crippen molar-refractivity contribution in [2.75, 3.05) is 0 Å². The first-order chi connectivity index (χ1) is 14.4. The predicted octanol–water partition coefficient (Wildman–Crippen LogP) is 6.30. The molecule has 1 aliphatic carbocycles. The highest BCUT2D eigenvalue weighted by Gasteiger charge is 2.38. The van der Waals surface area contributed by atoms with Gasteiger partial charge in [0.05, 0.1) is 0 Å². The highest BCUT2D eigenvalue weighted by Crippen LogP contribution is 2.40. The lowest BCUT2D eigenvalue weighted by atomic mass is 9.72. The van der Waals surface area contributed by atoms with Crippen LogP contribution in [0.5, 0.6) is 0 Å². The van der Waals surface area contributed by atoms with Gasteiger partial charge in [-0.1, -0.05) is 26.0 Å². The second-order valence-corrected chi connectivity index (χ2v) is 9.69. The number of benzene rings is 1. The van der Waals surface area contributed by atoms with E-state index in [1.807, 2.05) is 29.5 Å². The second-order valence-electron chi connectivity index (χ2n) is 8.70. The number of halogens is 3. The first-order valence-corrected chi connectivity index (χ1v) is 11.0. The number of hydrogen-bond acceptors (Lipinski definition) is 3. The third-order valence-corrected chi connectivity index (χ3v) is 6.63. The number of carboxylic acid groups (broad SMARTS) is 1. The van der Waals surface area contributed by atoms with E-state index in [9.17, 15) is 18.0 Å². The van der Waals surface area contributed by atoms with Gasteiger partial charge >= 0.3 is 12.1 Å². The first kappa shape index (κ1) is 24.9. The minimum absolute atomic E-state index is 0.368. The highest BCUT2D eigenvalue weighted by molar-refractivity contribution is 7.10. The third-order valence-electron chi connectivity index (χ3n) is 5.63. The molecule has 0 saturated heterocycles. The van der Waals surface area contributed by atoms with E-state index in [0.717, 1.165) is 11.5 Å². The van der Waals surface area contributed by atoms with Crippen molar-refractivity contribution in [3.05, 3.63) is 46.2 Å². The van der Waals surface area contributed by atoms with Crippen molar-refractivity contribution in [3.63, 3.8) is 0 Å². The molecule has 0 aliphatic heterocycles. The monoisotopic (exact) mass is 455 g/mol. The van der Waals surface area contributed by atoms with Gasteiger partial charge in [-0.15, -0.1) is 11.3 Å². The van der Waals surface area contributed by atoms with Crippen LogP contribution in [0.3, 0.4) is 0 Å². The molecule has 0 unspecified atom stereocenters. The van der Waals surface area contributed by atoms with Crippen molar-refractivity contribution in [1.29, 1.82) is 0 Å². The number of aliphatic carboxylic acids is 1. The lowest BCUT2D eigenvalue weighted by Gasteiger charge is -2.34. The highest BCUT2D eigenvalue weighted by atomic mass is 32.1. The Hall–Kier alpha value is -2.35. The van der Waals surface area contributed by atoms with Crippen LogP contribution in [0, 0.1) is 11.3 Å². The van der Waals surface area contributed by atoms with Crippen molar-refractivity contribution in [3.8, 4) is 11.1 Å². The maximum atomic E-state index is 11.3. The van der Waals surface area contributed by atoms with Crippen LogP contribution < -0.4 is 5.73 Å². The van der Waals surface area contributed by atoms with Crippen molar-refractivity contribution in [2.24, 2.45) is 17.1 Å². The van der Waals surface area contributed by atoms with E-state index in [1.165, 1.54) is 49.0 Å². The Balaban J connectivity index is 0.000000423. The van der Waals surface area contributed by atoms with E-state index >= 15 is 0 Å². The molecule has 3 N–H and O–H groups in total. The molecule has 4 nitrogen and oxygen atoms in total. The Morgan fingerprint density at radius 2 is 1.77 bits per heavy atom. The number of thiophene rings is 1. The van der Waals surface area contributed by atoms with Gasteiger partial charge in [0.1, 0.15) is 0 Å². The number of rotatable bonds is 5. The molecule has 2 aromatic rings.